The van der Waals surface area contributed by atoms with E-state index in [1.54, 1.807) is 54.8 Å². The van der Waals surface area contributed by atoms with Gasteiger partial charge in [-0.1, -0.05) is 30.3 Å². The summed E-state index contributed by atoms with van der Waals surface area (Å²) in [6, 6.07) is 12.0. The summed E-state index contributed by atoms with van der Waals surface area (Å²) in [5.74, 6) is 0.171. The molecule has 1 aromatic heterocycles. The third-order valence-corrected chi connectivity index (χ3v) is 5.97. The Morgan fingerprint density at radius 3 is 2.48 bits per heavy atom. The third kappa shape index (κ3) is 2.48. The first-order valence-electron chi connectivity index (χ1n) is 6.27. The second-order valence-corrected chi connectivity index (χ2v) is 7.53. The summed E-state index contributed by atoms with van der Waals surface area (Å²) in [7, 11) is -3.60. The van der Waals surface area contributed by atoms with Crippen molar-refractivity contribution in [1.82, 2.24) is 0 Å². The largest absolute Gasteiger partial charge is 0.507 e. The number of sulfonamides is 1. The lowest BCUT2D eigenvalue weighted by atomic mass is 10.0. The average molecular weight is 319 g/mol. The van der Waals surface area contributed by atoms with Gasteiger partial charge in [0.15, 0.2) is 0 Å². The molecule has 0 bridgehead atoms. The van der Waals surface area contributed by atoms with Crippen LogP contribution in [-0.2, 0) is 10.0 Å². The molecule has 0 unspecified atom stereocenters. The number of hydrogen-bond acceptors (Lipinski definition) is 4. The molecule has 21 heavy (non-hydrogen) atoms. The molecular formula is C15H13NO3S2. The Kier molecular flexibility index (Phi) is 3.35. The average Bonchev–Trinajstić information content (AvgIpc) is 2.99. The van der Waals surface area contributed by atoms with Gasteiger partial charge in [-0.15, -0.1) is 11.3 Å². The maximum atomic E-state index is 12.3. The van der Waals surface area contributed by atoms with Crippen molar-refractivity contribution >= 4 is 37.8 Å². The fourth-order valence-electron chi connectivity index (χ4n) is 2.20. The van der Waals surface area contributed by atoms with Crippen molar-refractivity contribution in [3.8, 4) is 5.75 Å². The molecule has 3 rings (SSSR count). The second-order valence-electron chi connectivity index (χ2n) is 4.67. The van der Waals surface area contributed by atoms with E-state index in [9.17, 15) is 13.5 Å². The van der Waals surface area contributed by atoms with Gasteiger partial charge in [0, 0.05) is 10.8 Å². The minimum atomic E-state index is -3.60. The molecule has 1 heterocycles. The Hall–Kier alpha value is -2.05. The van der Waals surface area contributed by atoms with Crippen molar-refractivity contribution in [3.05, 3.63) is 53.4 Å². The molecule has 0 saturated carbocycles. The minimum Gasteiger partial charge on any atom is -0.507 e. The van der Waals surface area contributed by atoms with Crippen LogP contribution in [0.4, 0.5) is 5.69 Å². The molecule has 6 heteroatoms. The van der Waals surface area contributed by atoms with Gasteiger partial charge in [-0.2, -0.15) is 0 Å². The lowest BCUT2D eigenvalue weighted by molar-refractivity contribution is 0.477. The summed E-state index contributed by atoms with van der Waals surface area (Å²) in [6.07, 6.45) is 0. The standard InChI is InChI=1S/C15H13NO3S2/c1-10-9-13(11-5-2-3-6-12(11)15(10)17)16-21(18,19)14-7-4-8-20-14/h2-9,16-17H,1H3. The molecule has 0 amide bonds. The van der Waals surface area contributed by atoms with Gasteiger partial charge in [0.2, 0.25) is 0 Å². The lowest BCUT2D eigenvalue weighted by Crippen LogP contribution is -2.11. The van der Waals surface area contributed by atoms with Crippen LogP contribution < -0.4 is 4.72 Å². The molecule has 0 radical (unpaired) electrons. The van der Waals surface area contributed by atoms with Crippen LogP contribution in [0.3, 0.4) is 0 Å². The number of aryl methyl sites for hydroxylation is 1. The van der Waals surface area contributed by atoms with Crippen LogP contribution in [0.5, 0.6) is 5.75 Å². The van der Waals surface area contributed by atoms with E-state index in [1.807, 2.05) is 0 Å². The van der Waals surface area contributed by atoms with E-state index in [4.69, 9.17) is 0 Å². The summed E-state index contributed by atoms with van der Waals surface area (Å²) in [4.78, 5) is 0. The Labute approximate surface area is 126 Å². The Bertz CT molecular complexity index is 900. The van der Waals surface area contributed by atoms with Crippen LogP contribution >= 0.6 is 11.3 Å². The SMILES string of the molecule is Cc1cc(NS(=O)(=O)c2cccs2)c2ccccc2c1O. The number of aromatic hydroxyl groups is 1. The number of fused-ring (bicyclic) bond motifs is 1. The molecular weight excluding hydrogens is 306 g/mol. The summed E-state index contributed by atoms with van der Waals surface area (Å²) < 4.78 is 27.5. The van der Waals surface area contributed by atoms with Crippen LogP contribution in [0.25, 0.3) is 10.8 Å². The summed E-state index contributed by atoms with van der Waals surface area (Å²) >= 11 is 1.16. The van der Waals surface area contributed by atoms with Crippen LogP contribution in [0.2, 0.25) is 0 Å². The van der Waals surface area contributed by atoms with E-state index >= 15 is 0 Å². The minimum absolute atomic E-state index is 0.171. The Morgan fingerprint density at radius 1 is 1.10 bits per heavy atom. The van der Waals surface area contributed by atoms with Crippen molar-refractivity contribution in [2.45, 2.75) is 11.1 Å². The van der Waals surface area contributed by atoms with Crippen LogP contribution in [0, 0.1) is 6.92 Å². The highest BCUT2D eigenvalue weighted by Gasteiger charge is 2.18. The predicted molar refractivity (Wildman–Crippen MR) is 85.5 cm³/mol. The molecule has 0 fully saturated rings. The first-order valence-corrected chi connectivity index (χ1v) is 8.63. The summed E-state index contributed by atoms with van der Waals surface area (Å²) in [6.45, 7) is 1.74. The monoisotopic (exact) mass is 319 g/mol. The molecule has 0 atom stereocenters. The van der Waals surface area contributed by atoms with Gasteiger partial charge < -0.3 is 5.11 Å². The normalized spacial score (nSPS) is 11.7. The number of benzene rings is 2. The van der Waals surface area contributed by atoms with E-state index in [0.717, 1.165) is 11.3 Å². The van der Waals surface area contributed by atoms with Crippen LogP contribution in [0.15, 0.2) is 52.1 Å². The third-order valence-electron chi connectivity index (χ3n) is 3.21. The lowest BCUT2D eigenvalue weighted by Gasteiger charge is -2.12. The van der Waals surface area contributed by atoms with Gasteiger partial charge in [-0.3, -0.25) is 4.72 Å². The van der Waals surface area contributed by atoms with Gasteiger partial charge in [0.05, 0.1) is 5.69 Å². The van der Waals surface area contributed by atoms with E-state index in [0.29, 0.717) is 22.0 Å². The number of phenolic OH excluding ortho intramolecular Hbond substituents is 1. The van der Waals surface area contributed by atoms with E-state index < -0.39 is 10.0 Å². The van der Waals surface area contributed by atoms with Crippen LogP contribution in [-0.4, -0.2) is 13.5 Å². The number of nitrogens with one attached hydrogen (secondary N) is 1. The number of anilines is 1. The Balaban J connectivity index is 2.16. The smallest absolute Gasteiger partial charge is 0.271 e. The first-order chi connectivity index (χ1) is 9.99. The molecule has 3 aromatic rings. The van der Waals surface area contributed by atoms with Gasteiger partial charge in [-0.25, -0.2) is 8.42 Å². The molecule has 4 nitrogen and oxygen atoms in total. The number of hydrogen-bond donors (Lipinski definition) is 2. The molecule has 0 aliphatic carbocycles. The molecule has 0 saturated heterocycles. The van der Waals surface area contributed by atoms with E-state index in [2.05, 4.69) is 4.72 Å². The maximum absolute atomic E-state index is 12.3. The van der Waals surface area contributed by atoms with E-state index in [1.165, 1.54) is 0 Å². The topological polar surface area (TPSA) is 66.4 Å². The van der Waals surface area contributed by atoms with Gasteiger partial charge in [0.25, 0.3) is 10.0 Å². The first kappa shape index (κ1) is 13.9. The number of thiophene rings is 1. The Morgan fingerprint density at radius 2 is 1.81 bits per heavy atom. The van der Waals surface area contributed by atoms with Crippen molar-refractivity contribution in [3.63, 3.8) is 0 Å². The highest BCUT2D eigenvalue weighted by atomic mass is 32.2. The summed E-state index contributed by atoms with van der Waals surface area (Å²) in [5, 5.41) is 13.1. The zero-order valence-corrected chi connectivity index (χ0v) is 12.8. The fraction of sp³-hybridized carbons (Fsp3) is 0.0667. The number of rotatable bonds is 3. The van der Waals surface area contributed by atoms with Gasteiger partial charge in [-0.05, 0) is 30.0 Å². The van der Waals surface area contributed by atoms with Gasteiger partial charge in [0.1, 0.15) is 9.96 Å². The quantitative estimate of drug-likeness (QED) is 0.723. The number of phenols is 1. The van der Waals surface area contributed by atoms with Crippen molar-refractivity contribution in [1.29, 1.82) is 0 Å². The zero-order chi connectivity index (χ0) is 15.0. The molecule has 108 valence electrons. The molecule has 2 N–H and O–H groups in total. The zero-order valence-electron chi connectivity index (χ0n) is 11.2. The van der Waals surface area contributed by atoms with E-state index in [-0.39, 0.29) is 9.96 Å². The van der Waals surface area contributed by atoms with Crippen molar-refractivity contribution < 1.29 is 13.5 Å². The highest BCUT2D eigenvalue weighted by molar-refractivity contribution is 7.94. The summed E-state index contributed by atoms with van der Waals surface area (Å²) in [5.41, 5.74) is 1.09. The molecule has 0 spiro atoms. The molecule has 0 aliphatic heterocycles. The predicted octanol–water partition coefficient (Wildman–Crippen LogP) is 3.72. The van der Waals surface area contributed by atoms with Crippen molar-refractivity contribution in [2.75, 3.05) is 4.72 Å². The maximum Gasteiger partial charge on any atom is 0.271 e. The molecule has 0 aliphatic rings. The highest BCUT2D eigenvalue weighted by Crippen LogP contribution is 2.35. The molecule has 2 aromatic carbocycles. The fourth-order valence-corrected chi connectivity index (χ4v) is 4.26. The second kappa shape index (κ2) is 5.05. The van der Waals surface area contributed by atoms with Crippen LogP contribution in [0.1, 0.15) is 5.56 Å². The van der Waals surface area contributed by atoms with Crippen molar-refractivity contribution in [2.24, 2.45) is 0 Å². The van der Waals surface area contributed by atoms with Gasteiger partial charge >= 0.3 is 0 Å².